The van der Waals surface area contributed by atoms with Crippen molar-refractivity contribution < 1.29 is 19.1 Å². The van der Waals surface area contributed by atoms with Gasteiger partial charge in [0.1, 0.15) is 6.04 Å². The van der Waals surface area contributed by atoms with E-state index in [-0.39, 0.29) is 10.6 Å². The normalized spacial score (nSPS) is 14.5. The number of anilines is 2. The van der Waals surface area contributed by atoms with Crippen molar-refractivity contribution in [3.05, 3.63) is 59.1 Å². The van der Waals surface area contributed by atoms with Gasteiger partial charge in [-0.2, -0.15) is 0 Å². The monoisotopic (exact) mass is 443 g/mol. The van der Waals surface area contributed by atoms with Crippen LogP contribution in [0.2, 0.25) is 5.02 Å². The van der Waals surface area contributed by atoms with Crippen molar-refractivity contribution in [2.24, 2.45) is 0 Å². The van der Waals surface area contributed by atoms with Crippen LogP contribution in [0.15, 0.2) is 48.5 Å². The molecule has 1 aliphatic rings. The highest BCUT2D eigenvalue weighted by Crippen LogP contribution is 2.21. The summed E-state index contributed by atoms with van der Waals surface area (Å²) in [6, 6.07) is 13.2. The maximum atomic E-state index is 12.2. The molecule has 1 atom stereocenters. The molecular weight excluding hydrogens is 418 g/mol. The second kappa shape index (κ2) is 10.8. The smallest absolute Gasteiger partial charge is 0.328 e. The molecule has 0 aliphatic carbocycles. The Balaban J connectivity index is 1.43. The zero-order valence-electron chi connectivity index (χ0n) is 17.4. The fraction of sp³-hybridized carbons (Fsp3) is 0.348. The highest BCUT2D eigenvalue weighted by Gasteiger charge is 2.20. The zero-order valence-corrected chi connectivity index (χ0v) is 18.2. The summed E-state index contributed by atoms with van der Waals surface area (Å²) in [6.45, 7) is 3.13. The summed E-state index contributed by atoms with van der Waals surface area (Å²) < 4.78 is 5.02. The quantitative estimate of drug-likeness (QED) is 0.638. The minimum atomic E-state index is -0.930. The first-order valence-corrected chi connectivity index (χ1v) is 10.7. The van der Waals surface area contributed by atoms with Gasteiger partial charge in [0.25, 0.3) is 11.8 Å². The number of amides is 2. The van der Waals surface area contributed by atoms with Crippen LogP contribution in [0, 0.1) is 0 Å². The number of nitrogens with zero attached hydrogens (tertiary/aromatic N) is 1. The van der Waals surface area contributed by atoms with Crippen LogP contribution in [-0.4, -0.2) is 43.5 Å². The summed E-state index contributed by atoms with van der Waals surface area (Å²) in [5, 5.41) is 5.50. The lowest BCUT2D eigenvalue weighted by Crippen LogP contribution is -2.40. The molecule has 0 radical (unpaired) electrons. The lowest BCUT2D eigenvalue weighted by molar-refractivity contribution is -0.148. The van der Waals surface area contributed by atoms with Crippen molar-refractivity contribution in [2.75, 3.05) is 29.9 Å². The first-order valence-electron chi connectivity index (χ1n) is 10.3. The second-order valence-corrected chi connectivity index (χ2v) is 7.83. The van der Waals surface area contributed by atoms with Gasteiger partial charge in [-0.25, -0.2) is 4.79 Å². The van der Waals surface area contributed by atoms with Crippen LogP contribution in [0.5, 0.6) is 0 Å². The molecule has 0 aromatic heterocycles. The first kappa shape index (κ1) is 22.6. The molecule has 2 N–H and O–H groups in total. The number of benzene rings is 2. The molecule has 8 heteroatoms. The lowest BCUT2D eigenvalue weighted by Gasteiger charge is -2.28. The molecular formula is C23H26ClN3O4. The molecule has 1 aliphatic heterocycles. The number of rotatable bonds is 7. The summed E-state index contributed by atoms with van der Waals surface area (Å²) in [4.78, 5) is 38.8. The van der Waals surface area contributed by atoms with Crippen molar-refractivity contribution in [1.29, 1.82) is 0 Å². The van der Waals surface area contributed by atoms with E-state index in [1.807, 2.05) is 24.3 Å². The number of carbonyl (C=O) groups is 3. The largest absolute Gasteiger partial charge is 0.454 e. The third-order valence-corrected chi connectivity index (χ3v) is 5.37. The predicted octanol–water partition coefficient (Wildman–Crippen LogP) is 3.63. The van der Waals surface area contributed by atoms with Crippen molar-refractivity contribution >= 4 is 40.8 Å². The molecule has 164 valence electrons. The van der Waals surface area contributed by atoms with E-state index in [4.69, 9.17) is 16.3 Å². The van der Waals surface area contributed by atoms with Crippen LogP contribution >= 0.6 is 11.6 Å². The number of nitrogens with one attached hydrogen (secondary N) is 2. The molecule has 0 bridgehead atoms. The van der Waals surface area contributed by atoms with Gasteiger partial charge in [0.05, 0.1) is 10.6 Å². The fourth-order valence-electron chi connectivity index (χ4n) is 3.35. The lowest BCUT2D eigenvalue weighted by atomic mass is 10.1. The molecule has 2 amide bonds. The van der Waals surface area contributed by atoms with Gasteiger partial charge in [-0.1, -0.05) is 23.7 Å². The van der Waals surface area contributed by atoms with Gasteiger partial charge in [0.2, 0.25) is 0 Å². The molecule has 2 aromatic carbocycles. The van der Waals surface area contributed by atoms with Gasteiger partial charge in [-0.15, -0.1) is 0 Å². The van der Waals surface area contributed by atoms with Gasteiger partial charge in [0.15, 0.2) is 6.61 Å². The second-order valence-electron chi connectivity index (χ2n) is 7.43. The Morgan fingerprint density at radius 3 is 2.39 bits per heavy atom. The van der Waals surface area contributed by atoms with Crippen molar-refractivity contribution in [3.63, 3.8) is 0 Å². The van der Waals surface area contributed by atoms with Gasteiger partial charge in [0, 0.05) is 24.5 Å². The highest BCUT2D eigenvalue weighted by molar-refractivity contribution is 6.33. The van der Waals surface area contributed by atoms with E-state index >= 15 is 0 Å². The van der Waals surface area contributed by atoms with Gasteiger partial charge in [-0.3, -0.25) is 9.59 Å². The Bertz CT molecular complexity index is 927. The van der Waals surface area contributed by atoms with E-state index in [1.54, 1.807) is 24.3 Å². The number of carbonyl (C=O) groups excluding carboxylic acids is 3. The Morgan fingerprint density at radius 2 is 1.71 bits per heavy atom. The fourth-order valence-corrected chi connectivity index (χ4v) is 3.57. The van der Waals surface area contributed by atoms with Gasteiger partial charge >= 0.3 is 5.97 Å². The van der Waals surface area contributed by atoms with Crippen molar-refractivity contribution in [2.45, 2.75) is 32.2 Å². The maximum Gasteiger partial charge on any atom is 0.328 e. The Morgan fingerprint density at radius 1 is 1.03 bits per heavy atom. The number of hydrogen-bond donors (Lipinski definition) is 2. The van der Waals surface area contributed by atoms with Crippen LogP contribution in [0.25, 0.3) is 0 Å². The number of piperidine rings is 1. The highest BCUT2D eigenvalue weighted by atomic mass is 35.5. The Kier molecular flexibility index (Phi) is 7.89. The van der Waals surface area contributed by atoms with Crippen molar-refractivity contribution in [1.82, 2.24) is 5.32 Å². The molecule has 3 rings (SSSR count). The maximum absolute atomic E-state index is 12.2. The standard InChI is InChI=1S/C23H26ClN3O4/c1-16(25-22(29)19-7-3-4-8-20(19)24)23(30)31-15-21(28)26-17-9-11-18(12-10-17)27-13-5-2-6-14-27/h3-4,7-12,16H,2,5-6,13-15H2,1H3,(H,25,29)(H,26,28)/t16-/m0/s1. The minimum absolute atomic E-state index is 0.259. The third-order valence-electron chi connectivity index (χ3n) is 5.04. The van der Waals surface area contributed by atoms with Gasteiger partial charge in [-0.05, 0) is 62.6 Å². The van der Waals surface area contributed by atoms with E-state index < -0.39 is 30.4 Å². The third kappa shape index (κ3) is 6.46. The zero-order chi connectivity index (χ0) is 22.2. The van der Waals surface area contributed by atoms with E-state index in [1.165, 1.54) is 26.2 Å². The molecule has 1 saturated heterocycles. The molecule has 1 heterocycles. The molecule has 1 fully saturated rings. The summed E-state index contributed by atoms with van der Waals surface area (Å²) in [5.41, 5.74) is 2.02. The molecule has 0 unspecified atom stereocenters. The first-order chi connectivity index (χ1) is 14.9. The van der Waals surface area contributed by atoms with E-state index in [9.17, 15) is 14.4 Å². The molecule has 31 heavy (non-hydrogen) atoms. The van der Waals surface area contributed by atoms with Crippen LogP contribution in [-0.2, 0) is 14.3 Å². The predicted molar refractivity (Wildman–Crippen MR) is 120 cm³/mol. The summed E-state index contributed by atoms with van der Waals surface area (Å²) in [7, 11) is 0. The minimum Gasteiger partial charge on any atom is -0.454 e. The Hall–Kier alpha value is -3.06. The van der Waals surface area contributed by atoms with E-state index in [0.29, 0.717) is 5.69 Å². The van der Waals surface area contributed by atoms with Gasteiger partial charge < -0.3 is 20.3 Å². The number of halogens is 1. The number of esters is 1. The SMILES string of the molecule is C[C@H](NC(=O)c1ccccc1Cl)C(=O)OCC(=O)Nc1ccc(N2CCCCC2)cc1. The molecule has 0 saturated carbocycles. The van der Waals surface area contributed by atoms with Crippen molar-refractivity contribution in [3.8, 4) is 0 Å². The molecule has 2 aromatic rings. The van der Waals surface area contributed by atoms with Crippen LogP contribution in [0.4, 0.5) is 11.4 Å². The summed E-state index contributed by atoms with van der Waals surface area (Å²) in [5.74, 6) is -1.66. The average molecular weight is 444 g/mol. The number of hydrogen-bond acceptors (Lipinski definition) is 5. The van der Waals surface area contributed by atoms with Crippen LogP contribution in [0.3, 0.4) is 0 Å². The van der Waals surface area contributed by atoms with E-state index in [2.05, 4.69) is 15.5 Å². The molecule has 0 spiro atoms. The van der Waals surface area contributed by atoms with Crippen LogP contribution in [0.1, 0.15) is 36.5 Å². The summed E-state index contributed by atoms with van der Waals surface area (Å²) in [6.07, 6.45) is 3.66. The van der Waals surface area contributed by atoms with E-state index in [0.717, 1.165) is 18.8 Å². The number of ether oxygens (including phenoxy) is 1. The average Bonchev–Trinajstić information content (AvgIpc) is 2.78. The Labute approximate surface area is 186 Å². The molecule has 7 nitrogen and oxygen atoms in total. The topological polar surface area (TPSA) is 87.7 Å². The summed E-state index contributed by atoms with van der Waals surface area (Å²) >= 11 is 5.98. The van der Waals surface area contributed by atoms with Crippen LogP contribution < -0.4 is 15.5 Å².